The van der Waals surface area contributed by atoms with Crippen LogP contribution >= 0.6 is 11.5 Å². The van der Waals surface area contributed by atoms with E-state index in [4.69, 9.17) is 5.73 Å². The van der Waals surface area contributed by atoms with Gasteiger partial charge in [-0.15, -0.1) is 0 Å². The molecule has 2 heterocycles. The summed E-state index contributed by atoms with van der Waals surface area (Å²) in [5, 5.41) is 0.472. The summed E-state index contributed by atoms with van der Waals surface area (Å²) in [5.41, 5.74) is 8.44. The number of anilines is 1. The van der Waals surface area contributed by atoms with Crippen molar-refractivity contribution in [1.82, 2.24) is 14.3 Å². The highest BCUT2D eigenvalue weighted by molar-refractivity contribution is 7.09. The number of aromatic nitrogens is 3. The van der Waals surface area contributed by atoms with Crippen molar-refractivity contribution >= 4 is 16.7 Å². The summed E-state index contributed by atoms with van der Waals surface area (Å²) < 4.78 is 4.10. The van der Waals surface area contributed by atoms with E-state index in [-0.39, 0.29) is 0 Å². The van der Waals surface area contributed by atoms with E-state index in [1.807, 2.05) is 26.0 Å². The van der Waals surface area contributed by atoms with Crippen molar-refractivity contribution in [3.8, 4) is 11.5 Å². The van der Waals surface area contributed by atoms with Gasteiger partial charge < -0.3 is 5.73 Å². The Morgan fingerprint density at radius 2 is 2.00 bits per heavy atom. The van der Waals surface area contributed by atoms with Crippen molar-refractivity contribution in [2.45, 2.75) is 13.8 Å². The zero-order valence-electron chi connectivity index (χ0n) is 7.98. The molecule has 0 unspecified atom stereocenters. The van der Waals surface area contributed by atoms with Crippen molar-refractivity contribution in [2.24, 2.45) is 0 Å². The molecule has 2 rings (SSSR count). The summed E-state index contributed by atoms with van der Waals surface area (Å²) >= 11 is 1.19. The number of rotatable bonds is 1. The third kappa shape index (κ3) is 1.58. The minimum atomic E-state index is 0.472. The number of pyridine rings is 1. The minimum absolute atomic E-state index is 0.472. The summed E-state index contributed by atoms with van der Waals surface area (Å²) in [6.07, 6.45) is 0. The van der Waals surface area contributed by atoms with Crippen LogP contribution in [-0.2, 0) is 0 Å². The lowest BCUT2D eigenvalue weighted by molar-refractivity contribution is 1.13. The first-order valence-corrected chi connectivity index (χ1v) is 4.98. The van der Waals surface area contributed by atoms with E-state index in [2.05, 4.69) is 14.3 Å². The van der Waals surface area contributed by atoms with E-state index in [9.17, 15) is 0 Å². The fourth-order valence-electron chi connectivity index (χ4n) is 1.09. The molecular formula is C9H10N4S. The molecule has 0 saturated carbocycles. The molecule has 14 heavy (non-hydrogen) atoms. The molecule has 0 aliphatic rings. The molecule has 2 aromatic rings. The van der Waals surface area contributed by atoms with Gasteiger partial charge in [0, 0.05) is 17.2 Å². The molecule has 72 valence electrons. The first-order chi connectivity index (χ1) is 6.66. The lowest BCUT2D eigenvalue weighted by Crippen LogP contribution is -1.91. The molecule has 0 saturated heterocycles. The quantitative estimate of drug-likeness (QED) is 0.772. The van der Waals surface area contributed by atoms with E-state index >= 15 is 0 Å². The molecule has 0 atom stereocenters. The van der Waals surface area contributed by atoms with Crippen molar-refractivity contribution in [1.29, 1.82) is 0 Å². The van der Waals surface area contributed by atoms with Gasteiger partial charge >= 0.3 is 0 Å². The monoisotopic (exact) mass is 206 g/mol. The predicted molar refractivity (Wildman–Crippen MR) is 57.0 cm³/mol. The second kappa shape index (κ2) is 3.34. The lowest BCUT2D eigenvalue weighted by Gasteiger charge is -1.99. The van der Waals surface area contributed by atoms with Gasteiger partial charge in [0.1, 0.15) is 5.69 Å². The van der Waals surface area contributed by atoms with Crippen molar-refractivity contribution in [3.63, 3.8) is 0 Å². The number of aryl methyl sites for hydroxylation is 2. The Hall–Kier alpha value is -1.49. The smallest absolute Gasteiger partial charge is 0.200 e. The number of hydrogen-bond acceptors (Lipinski definition) is 5. The number of hydrogen-bond donors (Lipinski definition) is 1. The molecule has 0 bridgehead atoms. The molecule has 5 heteroatoms. The van der Waals surface area contributed by atoms with Crippen molar-refractivity contribution in [3.05, 3.63) is 23.4 Å². The molecule has 2 N–H and O–H groups in total. The van der Waals surface area contributed by atoms with E-state index < -0.39 is 0 Å². The first-order valence-electron chi connectivity index (χ1n) is 4.20. The van der Waals surface area contributed by atoms with Gasteiger partial charge in [-0.25, -0.2) is 4.98 Å². The highest BCUT2D eigenvalue weighted by atomic mass is 32.1. The van der Waals surface area contributed by atoms with E-state index in [1.54, 1.807) is 0 Å². The molecule has 0 radical (unpaired) electrons. The maximum absolute atomic E-state index is 5.50. The normalized spacial score (nSPS) is 10.4. The predicted octanol–water partition coefficient (Wildman–Crippen LogP) is 1.80. The van der Waals surface area contributed by atoms with Gasteiger partial charge in [-0.1, -0.05) is 6.07 Å². The van der Waals surface area contributed by atoms with Gasteiger partial charge in [0.25, 0.3) is 0 Å². The summed E-state index contributed by atoms with van der Waals surface area (Å²) in [6, 6.07) is 3.92. The summed E-state index contributed by atoms with van der Waals surface area (Å²) in [5.74, 6) is 0.607. The second-order valence-electron chi connectivity index (χ2n) is 3.06. The van der Waals surface area contributed by atoms with E-state index in [0.29, 0.717) is 11.0 Å². The van der Waals surface area contributed by atoms with Crippen LogP contribution in [-0.4, -0.2) is 14.3 Å². The zero-order valence-corrected chi connectivity index (χ0v) is 8.80. The van der Waals surface area contributed by atoms with Crippen LogP contribution in [0.3, 0.4) is 0 Å². The Kier molecular flexibility index (Phi) is 2.17. The van der Waals surface area contributed by atoms with E-state index in [1.165, 1.54) is 11.5 Å². The summed E-state index contributed by atoms with van der Waals surface area (Å²) in [4.78, 5) is 8.46. The van der Waals surface area contributed by atoms with Gasteiger partial charge in [-0.3, -0.25) is 0 Å². The average molecular weight is 206 g/mol. The van der Waals surface area contributed by atoms with Crippen LogP contribution in [0, 0.1) is 13.8 Å². The van der Waals surface area contributed by atoms with Gasteiger partial charge in [0.15, 0.2) is 11.0 Å². The highest BCUT2D eigenvalue weighted by Gasteiger charge is 2.06. The van der Waals surface area contributed by atoms with Crippen LogP contribution in [0.5, 0.6) is 0 Å². The fourth-order valence-corrected chi connectivity index (χ4v) is 1.54. The largest absolute Gasteiger partial charge is 0.374 e. The summed E-state index contributed by atoms with van der Waals surface area (Å²) in [6.45, 7) is 3.99. The summed E-state index contributed by atoms with van der Waals surface area (Å²) in [7, 11) is 0. The lowest BCUT2D eigenvalue weighted by atomic mass is 10.2. The van der Waals surface area contributed by atoms with Crippen LogP contribution in [0.15, 0.2) is 12.1 Å². The van der Waals surface area contributed by atoms with Crippen molar-refractivity contribution < 1.29 is 0 Å². The molecule has 0 aliphatic carbocycles. The topological polar surface area (TPSA) is 64.7 Å². The molecule has 0 aliphatic heterocycles. The van der Waals surface area contributed by atoms with Gasteiger partial charge in [-0.2, -0.15) is 9.36 Å². The molecule has 2 aromatic heterocycles. The molecular weight excluding hydrogens is 196 g/mol. The Bertz CT molecular complexity index is 464. The van der Waals surface area contributed by atoms with Crippen LogP contribution < -0.4 is 5.73 Å². The molecule has 0 fully saturated rings. The van der Waals surface area contributed by atoms with Crippen LogP contribution in [0.1, 0.15) is 11.3 Å². The SMILES string of the molecule is Cc1ccc(-c2nsc(N)n2)nc1C. The standard InChI is InChI=1S/C9H10N4S/c1-5-3-4-7(11-6(5)2)8-12-9(10)14-13-8/h3-4H,1-2H3,(H2,10,12,13). The third-order valence-electron chi connectivity index (χ3n) is 2.02. The van der Waals surface area contributed by atoms with Crippen LogP contribution in [0.2, 0.25) is 0 Å². The van der Waals surface area contributed by atoms with Crippen molar-refractivity contribution in [2.75, 3.05) is 5.73 Å². The molecule has 4 nitrogen and oxygen atoms in total. The Balaban J connectivity index is 2.47. The van der Waals surface area contributed by atoms with E-state index in [0.717, 1.165) is 17.0 Å². The van der Waals surface area contributed by atoms with Gasteiger partial charge in [0.2, 0.25) is 0 Å². The average Bonchev–Trinajstić information content (AvgIpc) is 2.57. The Labute approximate surface area is 86.0 Å². The second-order valence-corrected chi connectivity index (χ2v) is 3.84. The van der Waals surface area contributed by atoms with Gasteiger partial charge in [0.05, 0.1) is 0 Å². The number of nitrogen functional groups attached to an aromatic ring is 1. The maximum atomic E-state index is 5.50. The zero-order chi connectivity index (χ0) is 10.1. The Morgan fingerprint density at radius 1 is 1.21 bits per heavy atom. The fraction of sp³-hybridized carbons (Fsp3) is 0.222. The number of nitrogens with zero attached hydrogens (tertiary/aromatic N) is 3. The van der Waals surface area contributed by atoms with Gasteiger partial charge in [-0.05, 0) is 25.5 Å². The van der Waals surface area contributed by atoms with Crippen LogP contribution in [0.4, 0.5) is 5.13 Å². The first kappa shape index (κ1) is 9.08. The maximum Gasteiger partial charge on any atom is 0.200 e. The molecule has 0 spiro atoms. The van der Waals surface area contributed by atoms with Crippen LogP contribution in [0.25, 0.3) is 11.5 Å². The molecule has 0 amide bonds. The molecule has 0 aromatic carbocycles. The highest BCUT2D eigenvalue weighted by Crippen LogP contribution is 2.18. The third-order valence-corrected chi connectivity index (χ3v) is 2.56. The minimum Gasteiger partial charge on any atom is -0.374 e. The Morgan fingerprint density at radius 3 is 2.57 bits per heavy atom. The number of nitrogens with two attached hydrogens (primary N) is 1.